The molecule has 8 nitrogen and oxygen atoms in total. The first-order valence-corrected chi connectivity index (χ1v) is 17.9. The van der Waals surface area contributed by atoms with Crippen molar-refractivity contribution in [3.8, 4) is 6.07 Å². The number of aliphatic hydroxyl groups excluding tert-OH is 1. The van der Waals surface area contributed by atoms with E-state index < -0.39 is 34.5 Å². The molecule has 0 bridgehead atoms. The first-order valence-electron chi connectivity index (χ1n) is 17.9. The highest BCUT2D eigenvalue weighted by Gasteiger charge is 2.64. The topological polar surface area (TPSA) is 83.0 Å². The zero-order valence-corrected chi connectivity index (χ0v) is 30.9. The van der Waals surface area contributed by atoms with Gasteiger partial charge in [-0.2, -0.15) is 13.2 Å². The highest BCUT2D eigenvalue weighted by Crippen LogP contribution is 2.56. The van der Waals surface area contributed by atoms with Crippen LogP contribution in [0, 0.1) is 29.9 Å². The summed E-state index contributed by atoms with van der Waals surface area (Å²) in [6.07, 6.45) is 8.89. The Morgan fingerprint density at radius 2 is 1.87 bits per heavy atom. The lowest BCUT2D eigenvalue weighted by molar-refractivity contribution is -0.249. The van der Waals surface area contributed by atoms with E-state index in [0.717, 1.165) is 66.0 Å². The number of nitrogens with zero attached hydrogens (tertiary/aromatic N) is 6. The molecule has 2 heterocycles. The minimum Gasteiger partial charge on any atom is -0.491 e. The highest BCUT2D eigenvalue weighted by atomic mass is 19.4. The fourth-order valence-electron chi connectivity index (χ4n) is 7.17. The Kier molecular flexibility index (Phi) is 12.0. The molecule has 1 aliphatic heterocycles. The summed E-state index contributed by atoms with van der Waals surface area (Å²) in [6.45, 7) is 25.8. The van der Waals surface area contributed by atoms with E-state index in [9.17, 15) is 10.4 Å². The number of hydrogen-bond donors (Lipinski definition) is 1. The highest BCUT2D eigenvalue weighted by molar-refractivity contribution is 5.82. The van der Waals surface area contributed by atoms with E-state index in [2.05, 4.69) is 52.9 Å². The number of likely N-dealkylation sites (N-methyl/N-ethyl adjacent to an activating group) is 1. The minimum atomic E-state index is -5.05. The number of anilines is 1. The molecule has 1 N–H and O–H groups in total. The molecule has 3 aromatic rings. The zero-order valence-electron chi connectivity index (χ0n) is 30.9. The van der Waals surface area contributed by atoms with Crippen LogP contribution in [-0.4, -0.2) is 40.5 Å². The molecule has 0 spiro atoms. The van der Waals surface area contributed by atoms with Gasteiger partial charge in [0, 0.05) is 36.5 Å². The third kappa shape index (κ3) is 7.90. The van der Waals surface area contributed by atoms with Gasteiger partial charge in [-0.1, -0.05) is 87.9 Å². The first-order chi connectivity index (χ1) is 25.9. The Hall–Kier alpha value is -5.83. The summed E-state index contributed by atoms with van der Waals surface area (Å²) in [6, 6.07) is 14.7. The number of alkyl halides is 3. The molecule has 1 aliphatic carbocycles. The van der Waals surface area contributed by atoms with E-state index in [4.69, 9.17) is 22.9 Å². The second kappa shape index (κ2) is 16.5. The van der Waals surface area contributed by atoms with Gasteiger partial charge in [-0.3, -0.25) is 0 Å². The van der Waals surface area contributed by atoms with Crippen molar-refractivity contribution in [2.75, 3.05) is 24.6 Å². The fraction of sp³-hybridized carbons (Fsp3) is 0.349. The average Bonchev–Trinajstić information content (AvgIpc) is 3.67. The Morgan fingerprint density at radius 3 is 2.50 bits per heavy atom. The quantitative estimate of drug-likeness (QED) is 0.148. The number of ether oxygens (including phenoxy) is 1. The molecule has 0 saturated heterocycles. The van der Waals surface area contributed by atoms with Crippen molar-refractivity contribution >= 4 is 22.8 Å². The first kappa shape index (κ1) is 39.4. The van der Waals surface area contributed by atoms with Crippen LogP contribution in [0.25, 0.3) is 26.8 Å². The zero-order chi connectivity index (χ0) is 39.1. The molecule has 5 rings (SSSR count). The maximum absolute atomic E-state index is 15.2. The van der Waals surface area contributed by atoms with E-state index in [0.29, 0.717) is 13.0 Å². The standard InChI is InChI=1S/C43H43F3N6O2/c1-7-9-22-52-37-26-33(51(8-2)23-24-53)19-20-35(37)50-38(52)21-18-31-25-30(27-41(3,4)28-31)14-13-17-34-39(49-6)40(36(29-47)48-5)54-42(34,43(44,45)46)32-15-11-10-12-16-32/h10-21,25-26,53H,7-9,22-24,27-28H2,1-4H3/b17-13+,21-18+,30-14-,40-36+. The summed E-state index contributed by atoms with van der Waals surface area (Å²) in [5.74, 6) is 0.135. The molecule has 278 valence electrons. The van der Waals surface area contributed by atoms with Crippen molar-refractivity contribution < 1.29 is 23.0 Å². The molecule has 1 aromatic heterocycles. The number of halogens is 3. The third-order valence-corrected chi connectivity index (χ3v) is 9.60. The van der Waals surface area contributed by atoms with Gasteiger partial charge in [0.1, 0.15) is 11.6 Å². The van der Waals surface area contributed by atoms with Crippen LogP contribution in [0.1, 0.15) is 64.8 Å². The van der Waals surface area contributed by atoms with Crippen molar-refractivity contribution in [1.29, 1.82) is 5.26 Å². The number of unbranched alkanes of at least 4 members (excludes halogenated alkanes) is 1. The molecular weight excluding hydrogens is 690 g/mol. The number of nitriles is 1. The van der Waals surface area contributed by atoms with Crippen molar-refractivity contribution in [2.24, 2.45) is 5.41 Å². The SMILES string of the molecule is [C-]#[N+]C1=C(/C=C/C=C2C=C(/C=C/c3nc4ccc(N(CC)CCO)cc4n3CCCC)CC(C)(C)C/2)C(c2ccccc2)(C(F)(F)F)O/C1=C(\C#N)[N+]#[C-]. The van der Waals surface area contributed by atoms with Crippen molar-refractivity contribution in [3.63, 3.8) is 0 Å². The van der Waals surface area contributed by atoms with E-state index in [-0.39, 0.29) is 17.6 Å². The molecule has 0 amide bonds. The molecule has 1 atom stereocenters. The van der Waals surface area contributed by atoms with Crippen molar-refractivity contribution in [1.82, 2.24) is 9.55 Å². The monoisotopic (exact) mass is 732 g/mol. The average molecular weight is 733 g/mol. The lowest BCUT2D eigenvalue weighted by atomic mass is 9.75. The predicted molar refractivity (Wildman–Crippen MR) is 205 cm³/mol. The predicted octanol–water partition coefficient (Wildman–Crippen LogP) is 10.2. The Balaban J connectivity index is 1.56. The van der Waals surface area contributed by atoms with Gasteiger partial charge in [-0.15, -0.1) is 0 Å². The fourth-order valence-corrected chi connectivity index (χ4v) is 7.17. The van der Waals surface area contributed by atoms with Crippen LogP contribution >= 0.6 is 0 Å². The number of allylic oxidation sites excluding steroid dienone is 7. The van der Waals surface area contributed by atoms with Gasteiger partial charge in [-0.05, 0) is 67.0 Å². The summed E-state index contributed by atoms with van der Waals surface area (Å²) in [5, 5.41) is 19.1. The Bertz CT molecular complexity index is 2180. The molecule has 0 fully saturated rings. The number of benzene rings is 2. The van der Waals surface area contributed by atoms with Crippen LogP contribution in [0.2, 0.25) is 0 Å². The van der Waals surface area contributed by atoms with Gasteiger partial charge in [0.15, 0.2) is 0 Å². The number of rotatable bonds is 12. The van der Waals surface area contributed by atoms with Crippen LogP contribution in [0.5, 0.6) is 0 Å². The number of aromatic nitrogens is 2. The maximum atomic E-state index is 15.2. The second-order valence-corrected chi connectivity index (χ2v) is 14.0. The summed E-state index contributed by atoms with van der Waals surface area (Å²) < 4.78 is 53.4. The smallest absolute Gasteiger partial charge is 0.435 e. The van der Waals surface area contributed by atoms with E-state index in [1.54, 1.807) is 18.2 Å². The Morgan fingerprint density at radius 1 is 1.11 bits per heavy atom. The minimum absolute atomic E-state index is 0.0632. The van der Waals surface area contributed by atoms with E-state index >= 15 is 13.2 Å². The largest absolute Gasteiger partial charge is 0.491 e. The van der Waals surface area contributed by atoms with Gasteiger partial charge >= 0.3 is 6.18 Å². The van der Waals surface area contributed by atoms with Crippen LogP contribution < -0.4 is 4.90 Å². The van der Waals surface area contributed by atoms with Gasteiger partial charge in [-0.25, -0.2) is 19.9 Å². The normalized spacial score (nSPS) is 20.2. The molecule has 11 heteroatoms. The molecular formula is C43H43F3N6O2. The van der Waals surface area contributed by atoms with Crippen molar-refractivity contribution in [3.05, 3.63) is 147 Å². The lowest BCUT2D eigenvalue weighted by Crippen LogP contribution is -2.43. The number of hydrogen-bond acceptors (Lipinski definition) is 5. The molecule has 2 aromatic carbocycles. The molecule has 0 saturated carbocycles. The number of aliphatic hydroxyl groups is 1. The summed E-state index contributed by atoms with van der Waals surface area (Å²) >= 11 is 0. The van der Waals surface area contributed by atoms with Gasteiger partial charge in [0.2, 0.25) is 11.3 Å². The number of aryl methyl sites for hydroxylation is 1. The molecule has 2 aliphatic rings. The molecule has 0 radical (unpaired) electrons. The summed E-state index contributed by atoms with van der Waals surface area (Å²) in [7, 11) is 0. The van der Waals surface area contributed by atoms with Crippen molar-refractivity contribution in [2.45, 2.75) is 71.7 Å². The number of fused-ring (bicyclic) bond motifs is 1. The van der Waals surface area contributed by atoms with Crippen LogP contribution in [0.3, 0.4) is 0 Å². The van der Waals surface area contributed by atoms with Crippen LogP contribution in [0.15, 0.2) is 113 Å². The lowest BCUT2D eigenvalue weighted by Gasteiger charge is -2.34. The third-order valence-electron chi connectivity index (χ3n) is 9.60. The summed E-state index contributed by atoms with van der Waals surface area (Å²) in [5.41, 5.74) is -0.457. The Labute approximate surface area is 314 Å². The maximum Gasteiger partial charge on any atom is 0.435 e. The van der Waals surface area contributed by atoms with Crippen LogP contribution in [0.4, 0.5) is 18.9 Å². The molecule has 1 unspecified atom stereocenters. The van der Waals surface area contributed by atoms with Gasteiger partial charge < -0.3 is 19.3 Å². The number of imidazole rings is 1. The second-order valence-electron chi connectivity index (χ2n) is 14.0. The van der Waals surface area contributed by atoms with Crippen LogP contribution in [-0.2, 0) is 16.9 Å². The van der Waals surface area contributed by atoms with E-state index in [1.165, 1.54) is 36.4 Å². The van der Waals surface area contributed by atoms with E-state index in [1.807, 2.05) is 30.4 Å². The molecule has 54 heavy (non-hydrogen) atoms. The summed E-state index contributed by atoms with van der Waals surface area (Å²) in [4.78, 5) is 13.5. The van der Waals surface area contributed by atoms with Gasteiger partial charge in [0.25, 0.3) is 5.70 Å². The van der Waals surface area contributed by atoms with Gasteiger partial charge in [0.05, 0.1) is 36.9 Å².